The zero-order valence-corrected chi connectivity index (χ0v) is 12.2. The van der Waals surface area contributed by atoms with Crippen LogP contribution in [0.3, 0.4) is 0 Å². The van der Waals surface area contributed by atoms with Gasteiger partial charge in [0, 0.05) is 12.1 Å². The number of benzene rings is 1. The van der Waals surface area contributed by atoms with Crippen molar-refractivity contribution in [1.29, 1.82) is 0 Å². The number of nitrogens with one attached hydrogen (secondary N) is 2. The minimum Gasteiger partial charge on any atom is -0.452 e. The van der Waals surface area contributed by atoms with Crippen molar-refractivity contribution >= 4 is 23.3 Å². The highest BCUT2D eigenvalue weighted by molar-refractivity contribution is 5.93. The van der Waals surface area contributed by atoms with E-state index in [1.54, 1.807) is 0 Å². The van der Waals surface area contributed by atoms with E-state index < -0.39 is 23.4 Å². The SMILES string of the molecule is C#CCNC(=O)COC(=O)c1ccc(NC2CC2)c([N+](=O)[O-])c1. The molecule has 2 N–H and O–H groups in total. The van der Waals surface area contributed by atoms with Crippen molar-refractivity contribution in [1.82, 2.24) is 5.32 Å². The van der Waals surface area contributed by atoms with Crippen molar-refractivity contribution in [3.05, 3.63) is 33.9 Å². The van der Waals surface area contributed by atoms with Crippen LogP contribution in [0.2, 0.25) is 0 Å². The number of carbonyl (C=O) groups excluding carboxylic acids is 2. The number of esters is 1. The van der Waals surface area contributed by atoms with Crippen LogP contribution in [0.25, 0.3) is 0 Å². The molecule has 0 saturated heterocycles. The van der Waals surface area contributed by atoms with E-state index in [1.165, 1.54) is 12.1 Å². The van der Waals surface area contributed by atoms with Gasteiger partial charge in [-0.3, -0.25) is 14.9 Å². The molecule has 0 aromatic heterocycles. The summed E-state index contributed by atoms with van der Waals surface area (Å²) in [5, 5.41) is 16.5. The topological polar surface area (TPSA) is 111 Å². The van der Waals surface area contributed by atoms with Gasteiger partial charge in [0.2, 0.25) is 0 Å². The maximum absolute atomic E-state index is 11.9. The molecule has 0 radical (unpaired) electrons. The largest absolute Gasteiger partial charge is 0.452 e. The number of terminal acetylenes is 1. The Labute approximate surface area is 132 Å². The summed E-state index contributed by atoms with van der Waals surface area (Å²) < 4.78 is 4.79. The van der Waals surface area contributed by atoms with Gasteiger partial charge in [0.15, 0.2) is 6.61 Å². The first-order valence-electron chi connectivity index (χ1n) is 6.93. The minimum absolute atomic E-state index is 0.00259. The van der Waals surface area contributed by atoms with Crippen molar-refractivity contribution in [2.45, 2.75) is 18.9 Å². The van der Waals surface area contributed by atoms with E-state index in [2.05, 4.69) is 16.6 Å². The summed E-state index contributed by atoms with van der Waals surface area (Å²) >= 11 is 0. The standard InChI is InChI=1S/C15H15N3O5/c1-2-7-16-14(19)9-23-15(20)10-3-6-12(17-11-4-5-11)13(8-10)18(21)22/h1,3,6,8,11,17H,4-5,7,9H2,(H,16,19). The first kappa shape index (κ1) is 16.3. The third-order valence-corrected chi connectivity index (χ3v) is 3.09. The van der Waals surface area contributed by atoms with Crippen LogP contribution in [0.5, 0.6) is 0 Å². The number of anilines is 1. The Balaban J connectivity index is 2.02. The van der Waals surface area contributed by atoms with Crippen LogP contribution in [0, 0.1) is 22.5 Å². The van der Waals surface area contributed by atoms with Gasteiger partial charge < -0.3 is 15.4 Å². The van der Waals surface area contributed by atoms with E-state index in [9.17, 15) is 19.7 Å². The van der Waals surface area contributed by atoms with Crippen LogP contribution < -0.4 is 10.6 Å². The van der Waals surface area contributed by atoms with Gasteiger partial charge in [-0.15, -0.1) is 6.42 Å². The van der Waals surface area contributed by atoms with Gasteiger partial charge >= 0.3 is 5.97 Å². The highest BCUT2D eigenvalue weighted by Crippen LogP contribution is 2.31. The average Bonchev–Trinajstić information content (AvgIpc) is 3.34. The number of nitrogens with zero attached hydrogens (tertiary/aromatic N) is 1. The molecule has 0 bridgehead atoms. The first-order chi connectivity index (χ1) is 11.0. The highest BCUT2D eigenvalue weighted by atomic mass is 16.6. The lowest BCUT2D eigenvalue weighted by atomic mass is 10.1. The molecule has 0 spiro atoms. The van der Waals surface area contributed by atoms with Crippen molar-refractivity contribution < 1.29 is 19.2 Å². The maximum atomic E-state index is 11.9. The van der Waals surface area contributed by atoms with E-state index in [0.717, 1.165) is 18.9 Å². The number of carbonyl (C=O) groups is 2. The van der Waals surface area contributed by atoms with Crippen molar-refractivity contribution in [2.75, 3.05) is 18.5 Å². The summed E-state index contributed by atoms with van der Waals surface area (Å²) in [4.78, 5) is 33.7. The Morgan fingerprint density at radius 2 is 2.17 bits per heavy atom. The Bertz CT molecular complexity index is 676. The second-order valence-electron chi connectivity index (χ2n) is 4.96. The molecule has 1 amide bonds. The van der Waals surface area contributed by atoms with Crippen LogP contribution in [-0.2, 0) is 9.53 Å². The molecular weight excluding hydrogens is 302 g/mol. The van der Waals surface area contributed by atoms with Gasteiger partial charge in [-0.25, -0.2) is 4.79 Å². The summed E-state index contributed by atoms with van der Waals surface area (Å²) in [6, 6.07) is 4.25. The number of nitro benzene ring substituents is 1. The molecule has 1 saturated carbocycles. The fraction of sp³-hybridized carbons (Fsp3) is 0.333. The summed E-state index contributed by atoms with van der Waals surface area (Å²) in [7, 11) is 0. The first-order valence-corrected chi connectivity index (χ1v) is 6.93. The molecular formula is C15H15N3O5. The third-order valence-electron chi connectivity index (χ3n) is 3.09. The molecule has 1 aliphatic carbocycles. The van der Waals surface area contributed by atoms with Crippen molar-refractivity contribution in [3.8, 4) is 12.3 Å². The molecule has 1 aromatic rings. The number of rotatable bonds is 7. The monoisotopic (exact) mass is 317 g/mol. The predicted octanol–water partition coefficient (Wildman–Crippen LogP) is 1.08. The summed E-state index contributed by atoms with van der Waals surface area (Å²) in [5.74, 6) is 0.849. The predicted molar refractivity (Wildman–Crippen MR) is 81.9 cm³/mol. The quantitative estimate of drug-likeness (QED) is 0.337. The zero-order valence-electron chi connectivity index (χ0n) is 12.2. The number of amides is 1. The molecule has 1 aliphatic rings. The molecule has 0 unspecified atom stereocenters. The summed E-state index contributed by atoms with van der Waals surface area (Å²) in [6.07, 6.45) is 6.91. The van der Waals surface area contributed by atoms with Gasteiger partial charge in [-0.05, 0) is 25.0 Å². The van der Waals surface area contributed by atoms with E-state index in [1.807, 2.05) is 0 Å². The van der Waals surface area contributed by atoms with Crippen molar-refractivity contribution in [3.63, 3.8) is 0 Å². The Hall–Kier alpha value is -3.08. The Kier molecular flexibility index (Phi) is 5.15. The van der Waals surface area contributed by atoms with Gasteiger partial charge in [0.25, 0.3) is 11.6 Å². The van der Waals surface area contributed by atoms with E-state index >= 15 is 0 Å². The number of nitro groups is 1. The molecule has 120 valence electrons. The summed E-state index contributed by atoms with van der Waals surface area (Å²) in [6.45, 7) is -0.472. The minimum atomic E-state index is -0.818. The number of hydrogen-bond donors (Lipinski definition) is 2. The molecule has 0 atom stereocenters. The molecule has 0 heterocycles. The lowest BCUT2D eigenvalue weighted by Crippen LogP contribution is -2.29. The second-order valence-corrected chi connectivity index (χ2v) is 4.96. The molecule has 23 heavy (non-hydrogen) atoms. The van der Waals surface area contributed by atoms with E-state index in [0.29, 0.717) is 5.69 Å². The lowest BCUT2D eigenvalue weighted by molar-refractivity contribution is -0.384. The molecule has 1 fully saturated rings. The number of hydrogen-bond acceptors (Lipinski definition) is 6. The van der Waals surface area contributed by atoms with Crippen LogP contribution in [0.1, 0.15) is 23.2 Å². The maximum Gasteiger partial charge on any atom is 0.338 e. The number of ether oxygens (including phenoxy) is 1. The van der Waals surface area contributed by atoms with Crippen LogP contribution in [-0.4, -0.2) is 36.0 Å². The average molecular weight is 317 g/mol. The third kappa shape index (κ3) is 4.71. The van der Waals surface area contributed by atoms with E-state index in [-0.39, 0.29) is 23.8 Å². The highest BCUT2D eigenvalue weighted by Gasteiger charge is 2.25. The van der Waals surface area contributed by atoms with Crippen LogP contribution in [0.15, 0.2) is 18.2 Å². The molecule has 1 aromatic carbocycles. The zero-order chi connectivity index (χ0) is 16.8. The smallest absolute Gasteiger partial charge is 0.338 e. The Morgan fingerprint density at radius 3 is 2.78 bits per heavy atom. The van der Waals surface area contributed by atoms with Gasteiger partial charge in [0.05, 0.1) is 17.0 Å². The molecule has 2 rings (SSSR count). The normalized spacial score (nSPS) is 12.8. The van der Waals surface area contributed by atoms with Gasteiger partial charge in [-0.2, -0.15) is 0 Å². The molecule has 8 nitrogen and oxygen atoms in total. The Morgan fingerprint density at radius 1 is 1.43 bits per heavy atom. The second kappa shape index (κ2) is 7.26. The van der Waals surface area contributed by atoms with Crippen LogP contribution >= 0.6 is 0 Å². The molecule has 8 heteroatoms. The fourth-order valence-electron chi connectivity index (χ4n) is 1.79. The van der Waals surface area contributed by atoms with E-state index in [4.69, 9.17) is 11.2 Å². The summed E-state index contributed by atoms with van der Waals surface area (Å²) in [5.41, 5.74) is 0.159. The lowest BCUT2D eigenvalue weighted by Gasteiger charge is -2.08. The molecule has 0 aliphatic heterocycles. The van der Waals surface area contributed by atoms with Crippen molar-refractivity contribution in [2.24, 2.45) is 0 Å². The fourth-order valence-corrected chi connectivity index (χ4v) is 1.79. The van der Waals surface area contributed by atoms with Gasteiger partial charge in [0.1, 0.15) is 5.69 Å². The van der Waals surface area contributed by atoms with Crippen LogP contribution in [0.4, 0.5) is 11.4 Å². The van der Waals surface area contributed by atoms with Gasteiger partial charge in [-0.1, -0.05) is 5.92 Å².